The molecule has 0 unspecified atom stereocenters. The van der Waals surface area contributed by atoms with E-state index in [1.807, 2.05) is 6.92 Å². The minimum absolute atomic E-state index is 0.120. The maximum Gasteiger partial charge on any atom is 0.322 e. The molecule has 1 amide bonds. The Labute approximate surface area is 93.2 Å². The molecule has 0 aromatic carbocycles. The molecule has 15 heavy (non-hydrogen) atoms. The van der Waals surface area contributed by atoms with E-state index < -0.39 is 5.41 Å². The van der Waals surface area contributed by atoms with Crippen molar-refractivity contribution in [1.82, 2.24) is 10.2 Å². The number of rotatable bonds is 4. The summed E-state index contributed by atoms with van der Waals surface area (Å²) in [5.41, 5.74) is -0.650. The van der Waals surface area contributed by atoms with Crippen LogP contribution in [0, 0.1) is 5.41 Å². The molecule has 1 aromatic rings. The summed E-state index contributed by atoms with van der Waals surface area (Å²) in [5, 5.41) is 9.94. The summed E-state index contributed by atoms with van der Waals surface area (Å²) >= 11 is 5.66. The third-order valence-corrected chi connectivity index (χ3v) is 2.61. The summed E-state index contributed by atoms with van der Waals surface area (Å²) in [4.78, 5) is 11.6. The fraction of sp³-hybridized carbons (Fsp3) is 0.667. The normalized spacial score (nSPS) is 11.5. The van der Waals surface area contributed by atoms with Crippen molar-refractivity contribution in [3.63, 3.8) is 0 Å². The van der Waals surface area contributed by atoms with Gasteiger partial charge >= 0.3 is 6.01 Å². The van der Waals surface area contributed by atoms with E-state index in [1.165, 1.54) is 0 Å². The zero-order chi connectivity index (χ0) is 11.5. The van der Waals surface area contributed by atoms with E-state index in [9.17, 15) is 4.79 Å². The second-order valence-electron chi connectivity index (χ2n) is 3.83. The second kappa shape index (κ2) is 4.61. The molecule has 1 heterocycles. The van der Waals surface area contributed by atoms with E-state index in [0.717, 1.165) is 0 Å². The molecule has 1 N–H and O–H groups in total. The van der Waals surface area contributed by atoms with Crippen LogP contribution in [0.2, 0.25) is 0 Å². The van der Waals surface area contributed by atoms with Crippen molar-refractivity contribution in [2.24, 2.45) is 5.41 Å². The largest absolute Gasteiger partial charge is 0.408 e. The van der Waals surface area contributed by atoms with E-state index in [-0.39, 0.29) is 17.8 Å². The Morgan fingerprint density at radius 2 is 2.20 bits per heavy atom. The van der Waals surface area contributed by atoms with Crippen molar-refractivity contribution in [3.8, 4) is 0 Å². The third-order valence-electron chi connectivity index (χ3n) is 1.94. The highest BCUT2D eigenvalue weighted by Crippen LogP contribution is 2.19. The SMILES string of the molecule is CCc1nnc(NC(=O)C(C)(C)CCl)o1. The van der Waals surface area contributed by atoms with Crippen molar-refractivity contribution in [3.05, 3.63) is 5.89 Å². The average Bonchev–Trinajstić information content (AvgIpc) is 2.65. The molecule has 1 aromatic heterocycles. The van der Waals surface area contributed by atoms with E-state index in [0.29, 0.717) is 12.3 Å². The maximum absolute atomic E-state index is 11.6. The Hall–Kier alpha value is -1.10. The number of aryl methyl sites for hydroxylation is 1. The highest BCUT2D eigenvalue weighted by Gasteiger charge is 2.27. The molecule has 84 valence electrons. The van der Waals surface area contributed by atoms with Crippen molar-refractivity contribution in [2.75, 3.05) is 11.2 Å². The summed E-state index contributed by atoms with van der Waals surface area (Å²) in [7, 11) is 0. The smallest absolute Gasteiger partial charge is 0.322 e. The van der Waals surface area contributed by atoms with Crippen LogP contribution in [0.4, 0.5) is 6.01 Å². The number of anilines is 1. The summed E-state index contributed by atoms with van der Waals surface area (Å²) in [5.74, 6) is 0.492. The van der Waals surface area contributed by atoms with Gasteiger partial charge in [0.05, 0.1) is 5.41 Å². The summed E-state index contributed by atoms with van der Waals surface area (Å²) in [6, 6.07) is 0.120. The number of hydrogen-bond acceptors (Lipinski definition) is 4. The van der Waals surface area contributed by atoms with Crippen LogP contribution in [0.15, 0.2) is 4.42 Å². The van der Waals surface area contributed by atoms with Crippen LogP contribution in [0.1, 0.15) is 26.7 Å². The van der Waals surface area contributed by atoms with Crippen molar-refractivity contribution >= 4 is 23.5 Å². The standard InChI is InChI=1S/C9H14ClN3O2/c1-4-6-12-13-8(15-6)11-7(14)9(2,3)5-10/h4-5H2,1-3H3,(H,11,13,14). The first kappa shape index (κ1) is 12.0. The molecule has 0 radical (unpaired) electrons. The zero-order valence-corrected chi connectivity index (χ0v) is 9.76. The lowest BCUT2D eigenvalue weighted by atomic mass is 9.95. The van der Waals surface area contributed by atoms with Gasteiger partial charge in [-0.05, 0) is 13.8 Å². The molecule has 0 spiro atoms. The van der Waals surface area contributed by atoms with Crippen LogP contribution in [-0.4, -0.2) is 22.0 Å². The topological polar surface area (TPSA) is 68.0 Å². The summed E-state index contributed by atoms with van der Waals surface area (Å²) in [6.45, 7) is 5.38. The fourth-order valence-electron chi connectivity index (χ4n) is 0.774. The Bertz CT molecular complexity index is 349. The number of alkyl halides is 1. The van der Waals surface area contributed by atoms with Gasteiger partial charge in [-0.2, -0.15) is 0 Å². The minimum Gasteiger partial charge on any atom is -0.408 e. The first-order valence-electron chi connectivity index (χ1n) is 4.69. The fourth-order valence-corrected chi connectivity index (χ4v) is 0.895. The molecule has 1 rings (SSSR count). The van der Waals surface area contributed by atoms with Crippen molar-refractivity contribution < 1.29 is 9.21 Å². The van der Waals surface area contributed by atoms with Gasteiger partial charge in [0.2, 0.25) is 11.8 Å². The number of amides is 1. The van der Waals surface area contributed by atoms with Gasteiger partial charge in [-0.15, -0.1) is 16.7 Å². The van der Waals surface area contributed by atoms with Gasteiger partial charge in [0, 0.05) is 12.3 Å². The number of nitrogens with zero attached hydrogens (tertiary/aromatic N) is 2. The van der Waals surface area contributed by atoms with E-state index >= 15 is 0 Å². The molecule has 0 aliphatic rings. The molecule has 0 atom stereocenters. The molecular formula is C9H14ClN3O2. The van der Waals surface area contributed by atoms with Gasteiger partial charge < -0.3 is 4.42 Å². The lowest BCUT2D eigenvalue weighted by Gasteiger charge is -2.18. The molecule has 0 aliphatic heterocycles. The Morgan fingerprint density at radius 3 is 2.67 bits per heavy atom. The summed E-state index contributed by atoms with van der Waals surface area (Å²) < 4.78 is 5.15. The van der Waals surface area contributed by atoms with E-state index in [4.69, 9.17) is 16.0 Å². The molecule has 5 nitrogen and oxygen atoms in total. The van der Waals surface area contributed by atoms with E-state index in [1.54, 1.807) is 13.8 Å². The predicted molar refractivity (Wildman–Crippen MR) is 56.8 cm³/mol. The van der Waals surface area contributed by atoms with Crippen molar-refractivity contribution in [1.29, 1.82) is 0 Å². The maximum atomic E-state index is 11.6. The van der Waals surface area contributed by atoms with Crippen LogP contribution in [0.5, 0.6) is 0 Å². The van der Waals surface area contributed by atoms with Gasteiger partial charge in [-0.25, -0.2) is 0 Å². The van der Waals surface area contributed by atoms with Crippen LogP contribution >= 0.6 is 11.6 Å². The van der Waals surface area contributed by atoms with E-state index in [2.05, 4.69) is 15.5 Å². The Balaban J connectivity index is 2.66. The number of aromatic nitrogens is 2. The highest BCUT2D eigenvalue weighted by atomic mass is 35.5. The lowest BCUT2D eigenvalue weighted by molar-refractivity contribution is -0.123. The first-order chi connectivity index (χ1) is 6.99. The van der Waals surface area contributed by atoms with Gasteiger partial charge in [-0.3, -0.25) is 10.1 Å². The monoisotopic (exact) mass is 231 g/mol. The molecule has 0 bridgehead atoms. The molecule has 0 fully saturated rings. The molecular weight excluding hydrogens is 218 g/mol. The van der Waals surface area contributed by atoms with Crippen LogP contribution < -0.4 is 5.32 Å². The Kier molecular flexibility index (Phi) is 3.68. The molecule has 0 aliphatic carbocycles. The number of hydrogen-bond donors (Lipinski definition) is 1. The highest BCUT2D eigenvalue weighted by molar-refractivity contribution is 6.20. The average molecular weight is 232 g/mol. The summed E-state index contributed by atoms with van der Waals surface area (Å²) in [6.07, 6.45) is 0.641. The number of carbonyl (C=O) groups is 1. The van der Waals surface area contributed by atoms with Crippen LogP contribution in [0.3, 0.4) is 0 Å². The van der Waals surface area contributed by atoms with Gasteiger partial charge in [0.1, 0.15) is 0 Å². The third kappa shape index (κ3) is 2.92. The number of halogens is 1. The van der Waals surface area contributed by atoms with Gasteiger partial charge in [0.25, 0.3) is 0 Å². The molecule has 0 saturated heterocycles. The van der Waals surface area contributed by atoms with Crippen LogP contribution in [-0.2, 0) is 11.2 Å². The zero-order valence-electron chi connectivity index (χ0n) is 9.00. The Morgan fingerprint density at radius 1 is 1.53 bits per heavy atom. The van der Waals surface area contributed by atoms with Gasteiger partial charge in [0.15, 0.2) is 0 Å². The first-order valence-corrected chi connectivity index (χ1v) is 5.23. The van der Waals surface area contributed by atoms with Crippen LogP contribution in [0.25, 0.3) is 0 Å². The predicted octanol–water partition coefficient (Wildman–Crippen LogP) is 1.84. The molecule has 0 saturated carbocycles. The lowest BCUT2D eigenvalue weighted by Crippen LogP contribution is -2.32. The quantitative estimate of drug-likeness (QED) is 0.803. The van der Waals surface area contributed by atoms with Gasteiger partial charge in [-0.1, -0.05) is 12.0 Å². The van der Waals surface area contributed by atoms with Crippen molar-refractivity contribution in [2.45, 2.75) is 27.2 Å². The number of carbonyl (C=O) groups excluding carboxylic acids is 1. The minimum atomic E-state index is -0.650. The second-order valence-corrected chi connectivity index (χ2v) is 4.09. The molecule has 6 heteroatoms. The number of nitrogens with one attached hydrogen (secondary N) is 1.